The van der Waals surface area contributed by atoms with E-state index in [0.717, 1.165) is 12.1 Å². The fraction of sp³-hybridized carbons (Fsp3) is 0.318. The summed E-state index contributed by atoms with van der Waals surface area (Å²) < 4.78 is 44.8. The van der Waals surface area contributed by atoms with Crippen LogP contribution in [0.25, 0.3) is 0 Å². The Balaban J connectivity index is 1.53. The number of amides is 1. The van der Waals surface area contributed by atoms with Gasteiger partial charge in [-0.1, -0.05) is 18.2 Å². The number of nitriles is 1. The van der Waals surface area contributed by atoms with Crippen molar-refractivity contribution in [3.63, 3.8) is 0 Å². The van der Waals surface area contributed by atoms with E-state index in [1.807, 2.05) is 6.07 Å². The summed E-state index contributed by atoms with van der Waals surface area (Å²) in [5.74, 6) is -2.17. The molecule has 32 heavy (non-hydrogen) atoms. The molecule has 1 amide bonds. The summed E-state index contributed by atoms with van der Waals surface area (Å²) in [5.41, 5.74) is 0.523. The van der Waals surface area contributed by atoms with E-state index in [2.05, 4.69) is 0 Å². The second kappa shape index (κ2) is 10.3. The average molecular weight is 459 g/mol. The van der Waals surface area contributed by atoms with Crippen LogP contribution in [0.2, 0.25) is 0 Å². The molecule has 0 N–H and O–H groups in total. The summed E-state index contributed by atoms with van der Waals surface area (Å²) in [6, 6.07) is 15.1. The highest BCUT2D eigenvalue weighted by Crippen LogP contribution is 2.25. The predicted octanol–water partition coefficient (Wildman–Crippen LogP) is 2.33. The number of piperidine rings is 1. The lowest BCUT2D eigenvalue weighted by atomic mass is 9.98. The van der Waals surface area contributed by atoms with Gasteiger partial charge in [0.2, 0.25) is 10.0 Å². The average Bonchev–Trinajstić information content (AvgIpc) is 2.81. The number of nitrogens with zero attached hydrogens (tertiary/aromatic N) is 3. The molecule has 8 nitrogen and oxygen atoms in total. The van der Waals surface area contributed by atoms with Crippen LogP contribution in [0, 0.1) is 23.1 Å². The van der Waals surface area contributed by atoms with E-state index >= 15 is 0 Å². The summed E-state index contributed by atoms with van der Waals surface area (Å²) in [6.45, 7) is -0.473. The highest BCUT2D eigenvalue weighted by atomic mass is 32.2. The SMILES string of the molecule is N#CCN(C(=O)COC(=O)C1CCN(S(=O)(=O)c2ccc(F)cc2)CC1)c1ccccc1. The molecule has 0 atom stereocenters. The second-order valence-electron chi connectivity index (χ2n) is 7.21. The molecule has 1 saturated heterocycles. The van der Waals surface area contributed by atoms with Crippen LogP contribution in [0.5, 0.6) is 0 Å². The molecular weight excluding hydrogens is 437 g/mol. The molecule has 2 aromatic carbocycles. The zero-order chi connectivity index (χ0) is 23.1. The summed E-state index contributed by atoms with van der Waals surface area (Å²) in [5, 5.41) is 8.99. The Morgan fingerprint density at radius 3 is 2.31 bits per heavy atom. The molecule has 1 aliphatic rings. The fourth-order valence-corrected chi connectivity index (χ4v) is 4.89. The molecule has 2 aromatic rings. The van der Waals surface area contributed by atoms with Gasteiger partial charge in [-0.3, -0.25) is 14.5 Å². The fourth-order valence-electron chi connectivity index (χ4n) is 3.42. The lowest BCUT2D eigenvalue weighted by Gasteiger charge is -2.30. The first kappa shape index (κ1) is 23.4. The topological polar surface area (TPSA) is 108 Å². The predicted molar refractivity (Wildman–Crippen MR) is 113 cm³/mol. The van der Waals surface area contributed by atoms with Crippen LogP contribution < -0.4 is 4.90 Å². The van der Waals surface area contributed by atoms with Gasteiger partial charge in [0, 0.05) is 18.8 Å². The van der Waals surface area contributed by atoms with Gasteiger partial charge in [-0.2, -0.15) is 9.57 Å². The van der Waals surface area contributed by atoms with E-state index in [0.29, 0.717) is 5.69 Å². The number of carbonyl (C=O) groups excluding carboxylic acids is 2. The number of halogens is 1. The lowest BCUT2D eigenvalue weighted by molar-refractivity contribution is -0.153. The zero-order valence-electron chi connectivity index (χ0n) is 17.2. The molecule has 10 heteroatoms. The van der Waals surface area contributed by atoms with E-state index in [9.17, 15) is 22.4 Å². The number of rotatable bonds is 7. The normalized spacial score (nSPS) is 15.0. The quantitative estimate of drug-likeness (QED) is 0.465. The van der Waals surface area contributed by atoms with E-state index in [-0.39, 0.29) is 37.4 Å². The highest BCUT2D eigenvalue weighted by molar-refractivity contribution is 7.89. The van der Waals surface area contributed by atoms with E-state index in [1.165, 1.54) is 21.3 Å². The van der Waals surface area contributed by atoms with Gasteiger partial charge in [0.15, 0.2) is 6.61 Å². The number of benzene rings is 2. The van der Waals surface area contributed by atoms with Crippen LogP contribution in [0.3, 0.4) is 0 Å². The molecule has 1 aliphatic heterocycles. The Hall–Kier alpha value is -3.29. The zero-order valence-corrected chi connectivity index (χ0v) is 18.0. The van der Waals surface area contributed by atoms with Crippen molar-refractivity contribution in [3.05, 3.63) is 60.4 Å². The first-order chi connectivity index (χ1) is 15.3. The smallest absolute Gasteiger partial charge is 0.309 e. The Bertz CT molecular complexity index is 1090. The molecule has 0 saturated carbocycles. The summed E-state index contributed by atoms with van der Waals surface area (Å²) in [6.07, 6.45) is 0.488. The Kier molecular flexibility index (Phi) is 7.56. The van der Waals surface area contributed by atoms with Crippen LogP contribution in [0.4, 0.5) is 10.1 Å². The minimum Gasteiger partial charge on any atom is -0.455 e. The number of esters is 1. The van der Waals surface area contributed by atoms with Crippen LogP contribution in [-0.4, -0.2) is 50.8 Å². The monoisotopic (exact) mass is 459 g/mol. The van der Waals surface area contributed by atoms with Crippen LogP contribution in [0.1, 0.15) is 12.8 Å². The largest absolute Gasteiger partial charge is 0.455 e. The van der Waals surface area contributed by atoms with Crippen LogP contribution >= 0.6 is 0 Å². The third-order valence-corrected chi connectivity index (χ3v) is 7.09. The van der Waals surface area contributed by atoms with Gasteiger partial charge < -0.3 is 4.74 Å². The first-order valence-electron chi connectivity index (χ1n) is 9.97. The molecule has 1 fully saturated rings. The standard InChI is InChI=1S/C22H22FN3O5S/c23-18-6-8-20(9-7-18)32(29,30)25-13-10-17(11-14-25)22(28)31-16-21(27)26(15-12-24)19-4-2-1-3-5-19/h1-9,17H,10-11,13-16H2. The third-order valence-electron chi connectivity index (χ3n) is 5.17. The van der Waals surface area contributed by atoms with E-state index in [4.69, 9.17) is 10.00 Å². The molecule has 0 spiro atoms. The number of ether oxygens (including phenoxy) is 1. The Morgan fingerprint density at radius 1 is 1.09 bits per heavy atom. The number of hydrogen-bond donors (Lipinski definition) is 0. The van der Waals surface area contributed by atoms with Gasteiger partial charge in [-0.25, -0.2) is 12.8 Å². The van der Waals surface area contributed by atoms with Gasteiger partial charge in [-0.15, -0.1) is 0 Å². The number of anilines is 1. The van der Waals surface area contributed by atoms with Crippen molar-refractivity contribution in [3.8, 4) is 6.07 Å². The van der Waals surface area contributed by atoms with Crippen molar-refractivity contribution in [2.75, 3.05) is 31.1 Å². The first-order valence-corrected chi connectivity index (χ1v) is 11.4. The molecule has 1 heterocycles. The number of carbonyl (C=O) groups is 2. The maximum absolute atomic E-state index is 13.1. The number of hydrogen-bond acceptors (Lipinski definition) is 6. The minimum absolute atomic E-state index is 0.0102. The lowest BCUT2D eigenvalue weighted by Crippen LogP contribution is -2.41. The molecule has 3 rings (SSSR count). The molecule has 0 aliphatic carbocycles. The van der Waals surface area contributed by atoms with Crippen molar-refractivity contribution in [2.24, 2.45) is 5.92 Å². The van der Waals surface area contributed by atoms with Crippen LogP contribution in [0.15, 0.2) is 59.5 Å². The van der Waals surface area contributed by atoms with Crippen molar-refractivity contribution >= 4 is 27.6 Å². The number of para-hydroxylation sites is 1. The highest BCUT2D eigenvalue weighted by Gasteiger charge is 2.33. The summed E-state index contributed by atoms with van der Waals surface area (Å²) in [4.78, 5) is 26.1. The molecule has 0 radical (unpaired) electrons. The van der Waals surface area contributed by atoms with Gasteiger partial charge in [0.1, 0.15) is 12.4 Å². The summed E-state index contributed by atoms with van der Waals surface area (Å²) >= 11 is 0. The van der Waals surface area contributed by atoms with Crippen molar-refractivity contribution in [2.45, 2.75) is 17.7 Å². The van der Waals surface area contributed by atoms with Crippen molar-refractivity contribution in [1.29, 1.82) is 5.26 Å². The van der Waals surface area contributed by atoms with Crippen molar-refractivity contribution in [1.82, 2.24) is 4.31 Å². The van der Waals surface area contributed by atoms with Gasteiger partial charge in [0.25, 0.3) is 5.91 Å². The molecule has 0 unspecified atom stereocenters. The van der Waals surface area contributed by atoms with Crippen molar-refractivity contribution < 1.29 is 27.1 Å². The molecule has 0 aromatic heterocycles. The molecule has 0 bridgehead atoms. The molecular formula is C22H22FN3O5S. The maximum atomic E-state index is 13.1. The number of sulfonamides is 1. The molecule has 168 valence electrons. The van der Waals surface area contributed by atoms with E-state index < -0.39 is 40.2 Å². The Labute approximate surface area is 185 Å². The van der Waals surface area contributed by atoms with Gasteiger partial charge in [-0.05, 0) is 49.2 Å². The van der Waals surface area contributed by atoms with E-state index in [1.54, 1.807) is 30.3 Å². The summed E-state index contributed by atoms with van der Waals surface area (Å²) in [7, 11) is -3.78. The Morgan fingerprint density at radius 2 is 1.72 bits per heavy atom. The minimum atomic E-state index is -3.78. The van der Waals surface area contributed by atoms with Crippen LogP contribution in [-0.2, 0) is 24.3 Å². The third kappa shape index (κ3) is 5.49. The second-order valence-corrected chi connectivity index (χ2v) is 9.15. The van der Waals surface area contributed by atoms with Gasteiger partial charge >= 0.3 is 5.97 Å². The maximum Gasteiger partial charge on any atom is 0.309 e. The van der Waals surface area contributed by atoms with Gasteiger partial charge in [0.05, 0.1) is 16.9 Å².